The molecule has 24 heavy (non-hydrogen) atoms. The molecule has 146 valence electrons. The highest BCUT2D eigenvalue weighted by Gasteiger charge is 2.27. The maximum Gasteiger partial charge on any atom is 0.0648 e. The molecular weight excluding hydrogens is 298 g/mol. The second kappa shape index (κ2) is 10.8. The molecule has 3 heteroatoms. The molecule has 0 aromatic heterocycles. The standard InChI is InChI=1S/C21H45NO2/c1-18(2)10-14-24-21(7,8)12-15-23-13-9-11-19(3,4)16-20(5,6)17-22/h18H,9-17,22H2,1-8H3. The summed E-state index contributed by atoms with van der Waals surface area (Å²) in [5.41, 5.74) is 6.33. The summed E-state index contributed by atoms with van der Waals surface area (Å²) in [7, 11) is 0. The number of nitrogens with two attached hydrogens (primary N) is 1. The molecule has 0 spiro atoms. The van der Waals surface area contributed by atoms with Gasteiger partial charge < -0.3 is 15.2 Å². The first-order chi connectivity index (χ1) is 10.9. The van der Waals surface area contributed by atoms with E-state index in [0.29, 0.717) is 11.3 Å². The van der Waals surface area contributed by atoms with Crippen LogP contribution in [-0.2, 0) is 9.47 Å². The highest BCUT2D eigenvalue weighted by Crippen LogP contribution is 2.36. The van der Waals surface area contributed by atoms with Crippen molar-refractivity contribution in [3.05, 3.63) is 0 Å². The molecule has 0 bridgehead atoms. The summed E-state index contributed by atoms with van der Waals surface area (Å²) in [5, 5.41) is 0. The van der Waals surface area contributed by atoms with E-state index >= 15 is 0 Å². The second-order valence-corrected chi connectivity index (χ2v) is 9.97. The highest BCUT2D eigenvalue weighted by atomic mass is 16.5. The lowest BCUT2D eigenvalue weighted by Crippen LogP contribution is -2.30. The molecule has 0 aromatic carbocycles. The molecule has 0 saturated carbocycles. The summed E-state index contributed by atoms with van der Waals surface area (Å²) in [6, 6.07) is 0. The van der Waals surface area contributed by atoms with Crippen LogP contribution in [0.4, 0.5) is 0 Å². The largest absolute Gasteiger partial charge is 0.381 e. The first kappa shape index (κ1) is 23.9. The zero-order valence-corrected chi connectivity index (χ0v) is 17.8. The van der Waals surface area contributed by atoms with Crippen LogP contribution in [-0.4, -0.2) is 32.0 Å². The van der Waals surface area contributed by atoms with Crippen molar-refractivity contribution in [2.45, 2.75) is 93.1 Å². The van der Waals surface area contributed by atoms with Crippen molar-refractivity contribution in [1.29, 1.82) is 0 Å². The number of ether oxygens (including phenoxy) is 2. The van der Waals surface area contributed by atoms with Gasteiger partial charge in [-0.1, -0.05) is 41.5 Å². The molecule has 0 radical (unpaired) electrons. The minimum absolute atomic E-state index is 0.0840. The summed E-state index contributed by atoms with van der Waals surface area (Å²) in [5.74, 6) is 0.699. The van der Waals surface area contributed by atoms with Crippen molar-refractivity contribution in [2.75, 3.05) is 26.4 Å². The lowest BCUT2D eigenvalue weighted by molar-refractivity contribution is -0.0448. The van der Waals surface area contributed by atoms with E-state index in [-0.39, 0.29) is 11.0 Å². The predicted octanol–water partition coefficient (Wildman–Crippen LogP) is 5.42. The SMILES string of the molecule is CC(C)CCOC(C)(C)CCOCCCC(C)(C)CC(C)(C)CN. The average Bonchev–Trinajstić information content (AvgIpc) is 2.40. The molecule has 0 aromatic rings. The third-order valence-corrected chi connectivity index (χ3v) is 4.69. The molecule has 0 amide bonds. The fourth-order valence-electron chi connectivity index (χ4n) is 3.17. The molecule has 0 aliphatic heterocycles. The van der Waals surface area contributed by atoms with Gasteiger partial charge in [-0.2, -0.15) is 0 Å². The van der Waals surface area contributed by atoms with E-state index in [1.54, 1.807) is 0 Å². The molecule has 0 atom stereocenters. The molecule has 0 rings (SSSR count). The Balaban J connectivity index is 3.82. The van der Waals surface area contributed by atoms with Crippen molar-refractivity contribution < 1.29 is 9.47 Å². The van der Waals surface area contributed by atoms with Gasteiger partial charge in [0.1, 0.15) is 0 Å². The Kier molecular flexibility index (Phi) is 10.7. The Morgan fingerprint density at radius 2 is 1.46 bits per heavy atom. The van der Waals surface area contributed by atoms with Crippen LogP contribution in [0.2, 0.25) is 0 Å². The van der Waals surface area contributed by atoms with Crippen molar-refractivity contribution in [3.8, 4) is 0 Å². The van der Waals surface area contributed by atoms with Gasteiger partial charge in [0, 0.05) is 19.8 Å². The third kappa shape index (κ3) is 13.2. The van der Waals surface area contributed by atoms with Gasteiger partial charge in [-0.3, -0.25) is 0 Å². The van der Waals surface area contributed by atoms with Gasteiger partial charge in [-0.15, -0.1) is 0 Å². The molecule has 3 nitrogen and oxygen atoms in total. The fraction of sp³-hybridized carbons (Fsp3) is 1.00. The van der Waals surface area contributed by atoms with Gasteiger partial charge in [0.25, 0.3) is 0 Å². The van der Waals surface area contributed by atoms with Crippen LogP contribution in [0, 0.1) is 16.7 Å². The van der Waals surface area contributed by atoms with Crippen LogP contribution < -0.4 is 5.73 Å². The Labute approximate surface area is 152 Å². The topological polar surface area (TPSA) is 44.5 Å². The monoisotopic (exact) mass is 343 g/mol. The van der Waals surface area contributed by atoms with Gasteiger partial charge in [-0.25, -0.2) is 0 Å². The minimum Gasteiger partial charge on any atom is -0.381 e. The molecule has 0 aliphatic rings. The average molecular weight is 344 g/mol. The van der Waals surface area contributed by atoms with E-state index in [2.05, 4.69) is 55.4 Å². The van der Waals surface area contributed by atoms with Crippen molar-refractivity contribution in [1.82, 2.24) is 0 Å². The maximum absolute atomic E-state index is 5.98. The second-order valence-electron chi connectivity index (χ2n) is 9.97. The lowest BCUT2D eigenvalue weighted by atomic mass is 9.73. The summed E-state index contributed by atoms with van der Waals surface area (Å²) in [6.45, 7) is 21.2. The maximum atomic E-state index is 5.98. The van der Waals surface area contributed by atoms with Crippen LogP contribution >= 0.6 is 0 Å². The Hall–Kier alpha value is -0.120. The third-order valence-electron chi connectivity index (χ3n) is 4.69. The van der Waals surface area contributed by atoms with Crippen LogP contribution in [0.5, 0.6) is 0 Å². The van der Waals surface area contributed by atoms with Gasteiger partial charge in [0.15, 0.2) is 0 Å². The quantitative estimate of drug-likeness (QED) is 0.429. The van der Waals surface area contributed by atoms with E-state index in [4.69, 9.17) is 15.2 Å². The summed E-state index contributed by atoms with van der Waals surface area (Å²) >= 11 is 0. The smallest absolute Gasteiger partial charge is 0.0648 e. The van der Waals surface area contributed by atoms with E-state index in [0.717, 1.165) is 52.0 Å². The molecule has 2 N–H and O–H groups in total. The Morgan fingerprint density at radius 3 is 2.00 bits per heavy atom. The van der Waals surface area contributed by atoms with Gasteiger partial charge in [-0.05, 0) is 69.2 Å². The molecule has 0 saturated heterocycles. The van der Waals surface area contributed by atoms with Crippen molar-refractivity contribution in [3.63, 3.8) is 0 Å². The van der Waals surface area contributed by atoms with Crippen LogP contribution in [0.15, 0.2) is 0 Å². The summed E-state index contributed by atoms with van der Waals surface area (Å²) < 4.78 is 11.8. The van der Waals surface area contributed by atoms with Crippen LogP contribution in [0.25, 0.3) is 0 Å². The minimum atomic E-state index is -0.0840. The normalized spacial score (nSPS) is 13.8. The number of hydrogen-bond donors (Lipinski definition) is 1. The summed E-state index contributed by atoms with van der Waals surface area (Å²) in [6.07, 6.45) is 5.54. The van der Waals surface area contributed by atoms with Crippen LogP contribution in [0.1, 0.15) is 87.5 Å². The summed E-state index contributed by atoms with van der Waals surface area (Å²) in [4.78, 5) is 0. The Morgan fingerprint density at radius 1 is 0.833 bits per heavy atom. The fourth-order valence-corrected chi connectivity index (χ4v) is 3.17. The van der Waals surface area contributed by atoms with E-state index in [9.17, 15) is 0 Å². The van der Waals surface area contributed by atoms with Gasteiger partial charge >= 0.3 is 0 Å². The molecule has 0 unspecified atom stereocenters. The lowest BCUT2D eigenvalue weighted by Gasteiger charge is -2.34. The van der Waals surface area contributed by atoms with Crippen molar-refractivity contribution in [2.24, 2.45) is 22.5 Å². The Bertz CT molecular complexity index is 322. The first-order valence-corrected chi connectivity index (χ1v) is 9.81. The van der Waals surface area contributed by atoms with Crippen molar-refractivity contribution >= 4 is 0 Å². The predicted molar refractivity (Wildman–Crippen MR) is 105 cm³/mol. The molecule has 0 fully saturated rings. The van der Waals surface area contributed by atoms with Gasteiger partial charge in [0.2, 0.25) is 0 Å². The zero-order chi connectivity index (χ0) is 18.9. The molecule has 0 heterocycles. The van der Waals surface area contributed by atoms with E-state index < -0.39 is 0 Å². The highest BCUT2D eigenvalue weighted by molar-refractivity contribution is 4.79. The molecular formula is C21H45NO2. The number of rotatable bonds is 14. The molecule has 0 aliphatic carbocycles. The zero-order valence-electron chi connectivity index (χ0n) is 17.8. The first-order valence-electron chi connectivity index (χ1n) is 9.81. The van der Waals surface area contributed by atoms with E-state index in [1.807, 2.05) is 0 Å². The number of hydrogen-bond acceptors (Lipinski definition) is 3. The van der Waals surface area contributed by atoms with Crippen LogP contribution in [0.3, 0.4) is 0 Å². The van der Waals surface area contributed by atoms with Gasteiger partial charge in [0.05, 0.1) is 5.60 Å². The van der Waals surface area contributed by atoms with E-state index in [1.165, 1.54) is 6.42 Å².